The molecule has 4 nitrogen and oxygen atoms in total. The maximum atomic E-state index is 12.4. The second-order valence-corrected chi connectivity index (χ2v) is 8.02. The van der Waals surface area contributed by atoms with Crippen molar-refractivity contribution < 1.29 is 17.9 Å². The second-order valence-electron chi connectivity index (χ2n) is 6.06. The second kappa shape index (κ2) is 4.88. The van der Waals surface area contributed by atoms with E-state index >= 15 is 0 Å². The molecule has 110 valence electrons. The van der Waals surface area contributed by atoms with Crippen LogP contribution in [0.4, 0.5) is 0 Å². The van der Waals surface area contributed by atoms with Crippen LogP contribution in [0.5, 0.6) is 0 Å². The fourth-order valence-electron chi connectivity index (χ4n) is 2.85. The zero-order valence-electron chi connectivity index (χ0n) is 12.3. The van der Waals surface area contributed by atoms with Crippen molar-refractivity contribution in [1.82, 2.24) is 0 Å². The highest BCUT2D eigenvalue weighted by atomic mass is 32.2. The Morgan fingerprint density at radius 1 is 1.35 bits per heavy atom. The Morgan fingerprint density at radius 3 is 2.55 bits per heavy atom. The Morgan fingerprint density at radius 2 is 2.00 bits per heavy atom. The number of esters is 1. The van der Waals surface area contributed by atoms with Gasteiger partial charge in [0, 0.05) is 0 Å². The van der Waals surface area contributed by atoms with Crippen molar-refractivity contribution in [2.45, 2.75) is 38.5 Å². The highest BCUT2D eigenvalue weighted by Crippen LogP contribution is 2.37. The molecule has 0 bridgehead atoms. The van der Waals surface area contributed by atoms with Crippen molar-refractivity contribution in [3.8, 4) is 0 Å². The zero-order chi connectivity index (χ0) is 15.1. The van der Waals surface area contributed by atoms with E-state index in [4.69, 9.17) is 4.74 Å². The predicted octanol–water partition coefficient (Wildman–Crippen LogP) is 2.39. The lowest BCUT2D eigenvalue weighted by Gasteiger charge is -2.31. The van der Waals surface area contributed by atoms with Gasteiger partial charge in [-0.15, -0.1) is 0 Å². The van der Waals surface area contributed by atoms with Crippen molar-refractivity contribution >= 4 is 15.8 Å². The first-order valence-corrected chi connectivity index (χ1v) is 8.32. The van der Waals surface area contributed by atoms with Gasteiger partial charge in [0.2, 0.25) is 0 Å². The van der Waals surface area contributed by atoms with Gasteiger partial charge in [-0.25, -0.2) is 13.2 Å². The first-order chi connectivity index (χ1) is 9.20. The fraction of sp³-hybridized carbons (Fsp3) is 0.533. The number of carbonyl (C=O) groups excluding carboxylic acids is 1. The van der Waals surface area contributed by atoms with Crippen LogP contribution in [0, 0.1) is 5.41 Å². The van der Waals surface area contributed by atoms with E-state index in [2.05, 4.69) is 0 Å². The molecule has 0 saturated carbocycles. The lowest BCUT2D eigenvalue weighted by Crippen LogP contribution is -2.32. The maximum Gasteiger partial charge on any atom is 0.338 e. The average molecular weight is 296 g/mol. The summed E-state index contributed by atoms with van der Waals surface area (Å²) >= 11 is 0. The molecule has 1 aliphatic rings. The highest BCUT2D eigenvalue weighted by Gasteiger charge is 2.36. The van der Waals surface area contributed by atoms with Crippen LogP contribution < -0.4 is 0 Å². The van der Waals surface area contributed by atoms with E-state index in [0.29, 0.717) is 18.4 Å². The molecule has 0 aromatic heterocycles. The van der Waals surface area contributed by atoms with Crippen molar-refractivity contribution in [3.63, 3.8) is 0 Å². The smallest absolute Gasteiger partial charge is 0.338 e. The molecule has 1 heterocycles. The monoisotopic (exact) mass is 296 g/mol. The molecule has 0 unspecified atom stereocenters. The topological polar surface area (TPSA) is 60.4 Å². The van der Waals surface area contributed by atoms with Gasteiger partial charge in [0.15, 0.2) is 9.84 Å². The Kier molecular flexibility index (Phi) is 3.67. The van der Waals surface area contributed by atoms with Crippen molar-refractivity contribution in [2.24, 2.45) is 5.41 Å². The molecule has 0 N–H and O–H groups in total. The molecule has 0 spiro atoms. The minimum absolute atomic E-state index is 0.110. The minimum atomic E-state index is -3.35. The number of ether oxygens (including phenoxy) is 1. The summed E-state index contributed by atoms with van der Waals surface area (Å²) in [5, 5.41) is 0. The van der Waals surface area contributed by atoms with Gasteiger partial charge in [0.1, 0.15) is 0 Å². The summed E-state index contributed by atoms with van der Waals surface area (Å²) in [6, 6.07) is 3.34. The molecule has 5 heteroatoms. The molecule has 0 amide bonds. The third-order valence-corrected chi connectivity index (χ3v) is 5.87. The summed E-state index contributed by atoms with van der Waals surface area (Å²) < 4.78 is 29.5. The predicted molar refractivity (Wildman–Crippen MR) is 76.7 cm³/mol. The van der Waals surface area contributed by atoms with Crippen LogP contribution in [0.1, 0.15) is 42.3 Å². The third kappa shape index (κ3) is 2.59. The fourth-order valence-corrected chi connectivity index (χ4v) is 4.97. The van der Waals surface area contributed by atoms with Gasteiger partial charge in [0.25, 0.3) is 0 Å². The first-order valence-electron chi connectivity index (χ1n) is 6.67. The van der Waals surface area contributed by atoms with E-state index in [1.807, 2.05) is 26.8 Å². The third-order valence-electron chi connectivity index (χ3n) is 3.66. The molecular formula is C15H20O4S. The standard InChI is InChI=1S/C15H20O4S/c1-5-10-6-11-8-15(2,3)9-20(17,18)13(11)7-12(10)14(16)19-4/h6-7H,5,8-9H2,1-4H3. The molecule has 0 atom stereocenters. The molecule has 2 rings (SSSR count). The van der Waals surface area contributed by atoms with Crippen LogP contribution in [-0.4, -0.2) is 27.2 Å². The summed E-state index contributed by atoms with van der Waals surface area (Å²) in [6.45, 7) is 5.84. The van der Waals surface area contributed by atoms with Gasteiger partial charge < -0.3 is 4.74 Å². The van der Waals surface area contributed by atoms with Gasteiger partial charge in [-0.05, 0) is 35.4 Å². The molecule has 0 fully saturated rings. The number of fused-ring (bicyclic) bond motifs is 1. The van der Waals surface area contributed by atoms with Crippen molar-refractivity contribution in [2.75, 3.05) is 12.9 Å². The maximum absolute atomic E-state index is 12.4. The number of carbonyl (C=O) groups is 1. The van der Waals surface area contributed by atoms with Crippen LogP contribution in [0.15, 0.2) is 17.0 Å². The van der Waals surface area contributed by atoms with Crippen LogP contribution >= 0.6 is 0 Å². The SMILES string of the molecule is CCc1cc2c(cc1C(=O)OC)S(=O)(=O)CC(C)(C)C2. The van der Waals surface area contributed by atoms with E-state index in [1.54, 1.807) is 0 Å². The molecule has 0 aliphatic carbocycles. The summed E-state index contributed by atoms with van der Waals surface area (Å²) in [7, 11) is -2.04. The van der Waals surface area contributed by atoms with Crippen molar-refractivity contribution in [1.29, 1.82) is 0 Å². The van der Waals surface area contributed by atoms with Crippen LogP contribution in [0.3, 0.4) is 0 Å². The molecule has 20 heavy (non-hydrogen) atoms. The zero-order valence-corrected chi connectivity index (χ0v) is 13.1. The molecule has 1 aromatic rings. The van der Waals surface area contributed by atoms with Crippen LogP contribution in [0.25, 0.3) is 0 Å². The van der Waals surface area contributed by atoms with E-state index in [1.165, 1.54) is 13.2 Å². The molecule has 1 aromatic carbocycles. The largest absolute Gasteiger partial charge is 0.465 e. The van der Waals surface area contributed by atoms with Crippen LogP contribution in [-0.2, 0) is 27.4 Å². The normalized spacial score (nSPS) is 19.2. The summed E-state index contributed by atoms with van der Waals surface area (Å²) in [4.78, 5) is 12.1. The number of benzene rings is 1. The van der Waals surface area contributed by atoms with Gasteiger partial charge in [0.05, 0.1) is 23.3 Å². The Labute approximate surface area is 120 Å². The summed E-state index contributed by atoms with van der Waals surface area (Å²) in [5.41, 5.74) is 1.73. The summed E-state index contributed by atoms with van der Waals surface area (Å²) in [6.07, 6.45) is 1.37. The first kappa shape index (κ1) is 15.0. The summed E-state index contributed by atoms with van der Waals surface area (Å²) in [5.74, 6) is -0.372. The molecule has 1 aliphatic heterocycles. The van der Waals surface area contributed by atoms with E-state index in [0.717, 1.165) is 11.1 Å². The van der Waals surface area contributed by atoms with E-state index < -0.39 is 15.8 Å². The highest BCUT2D eigenvalue weighted by molar-refractivity contribution is 7.91. The van der Waals surface area contributed by atoms with E-state index in [-0.39, 0.29) is 16.1 Å². The Hall–Kier alpha value is -1.36. The van der Waals surface area contributed by atoms with Gasteiger partial charge in [-0.2, -0.15) is 0 Å². The Balaban J connectivity index is 2.69. The van der Waals surface area contributed by atoms with Crippen LogP contribution in [0.2, 0.25) is 0 Å². The van der Waals surface area contributed by atoms with Gasteiger partial charge in [-0.3, -0.25) is 0 Å². The number of aryl methyl sites for hydroxylation is 1. The van der Waals surface area contributed by atoms with Gasteiger partial charge in [-0.1, -0.05) is 26.8 Å². The lowest BCUT2D eigenvalue weighted by atomic mass is 9.86. The Bertz CT molecular complexity index is 657. The number of hydrogen-bond donors (Lipinski definition) is 0. The number of methoxy groups -OCH3 is 1. The minimum Gasteiger partial charge on any atom is -0.465 e. The number of rotatable bonds is 2. The van der Waals surface area contributed by atoms with E-state index in [9.17, 15) is 13.2 Å². The average Bonchev–Trinajstić information content (AvgIpc) is 2.34. The molecular weight excluding hydrogens is 276 g/mol. The van der Waals surface area contributed by atoms with Crippen molar-refractivity contribution in [3.05, 3.63) is 28.8 Å². The molecule has 0 radical (unpaired) electrons. The number of hydrogen-bond acceptors (Lipinski definition) is 4. The lowest BCUT2D eigenvalue weighted by molar-refractivity contribution is 0.0599. The number of sulfone groups is 1. The van der Waals surface area contributed by atoms with Gasteiger partial charge >= 0.3 is 5.97 Å². The quantitative estimate of drug-likeness (QED) is 0.786. The molecule has 0 saturated heterocycles.